The maximum absolute atomic E-state index is 12.5. The number of thiazole rings is 1. The van der Waals surface area contributed by atoms with E-state index in [9.17, 15) is 9.59 Å². The maximum atomic E-state index is 12.5. The third-order valence-corrected chi connectivity index (χ3v) is 4.80. The van der Waals surface area contributed by atoms with Gasteiger partial charge in [-0.3, -0.25) is 10.1 Å². The van der Waals surface area contributed by atoms with Crippen molar-refractivity contribution in [3.05, 3.63) is 59.8 Å². The average molecular weight is 351 g/mol. The summed E-state index contributed by atoms with van der Waals surface area (Å²) in [6.45, 7) is 0. The Bertz CT molecular complexity index is 1110. The molecule has 0 atom stereocenters. The average Bonchev–Trinajstić information content (AvgIpc) is 3.23. The first kappa shape index (κ1) is 15.3. The Morgan fingerprint density at radius 3 is 2.88 bits per heavy atom. The monoisotopic (exact) mass is 351 g/mol. The molecular weight excluding hydrogens is 338 g/mol. The largest absolute Gasteiger partial charge is 0.465 e. The lowest BCUT2D eigenvalue weighted by Crippen LogP contribution is -2.10. The number of hydrogen-bond donors (Lipinski definition) is 2. The van der Waals surface area contributed by atoms with Gasteiger partial charge in [0.05, 0.1) is 28.5 Å². The van der Waals surface area contributed by atoms with Crippen molar-refractivity contribution in [1.29, 1.82) is 0 Å². The molecule has 4 rings (SSSR count). The maximum Gasteiger partial charge on any atom is 0.337 e. The lowest BCUT2D eigenvalue weighted by molar-refractivity contribution is 0.0601. The minimum atomic E-state index is -0.403. The lowest BCUT2D eigenvalue weighted by atomic mass is 10.2. The number of carbonyl (C=O) groups excluding carboxylic acids is 2. The molecule has 0 bridgehead atoms. The summed E-state index contributed by atoms with van der Waals surface area (Å²) in [6.07, 6.45) is 1.68. The van der Waals surface area contributed by atoms with Crippen LogP contribution < -0.4 is 5.32 Å². The van der Waals surface area contributed by atoms with Gasteiger partial charge in [0.1, 0.15) is 0 Å². The van der Waals surface area contributed by atoms with Gasteiger partial charge in [-0.1, -0.05) is 29.5 Å². The number of ether oxygens (including phenoxy) is 1. The molecule has 0 aliphatic carbocycles. The molecule has 0 saturated heterocycles. The van der Waals surface area contributed by atoms with Gasteiger partial charge in [0, 0.05) is 17.1 Å². The zero-order chi connectivity index (χ0) is 17.4. The van der Waals surface area contributed by atoms with Gasteiger partial charge in [-0.05, 0) is 24.3 Å². The minimum absolute atomic E-state index is 0.232. The second-order valence-corrected chi connectivity index (χ2v) is 6.43. The molecule has 0 saturated carbocycles. The summed E-state index contributed by atoms with van der Waals surface area (Å²) in [5, 5.41) is 4.16. The molecule has 0 aliphatic rings. The summed E-state index contributed by atoms with van der Waals surface area (Å²) in [6, 6.07) is 12.7. The molecule has 0 aliphatic heterocycles. The molecule has 2 heterocycles. The molecule has 25 heavy (non-hydrogen) atoms. The van der Waals surface area contributed by atoms with Crippen LogP contribution in [0.2, 0.25) is 0 Å². The highest BCUT2D eigenvalue weighted by Crippen LogP contribution is 2.28. The van der Waals surface area contributed by atoms with E-state index in [-0.39, 0.29) is 5.91 Å². The van der Waals surface area contributed by atoms with E-state index < -0.39 is 5.97 Å². The number of aromatic nitrogens is 2. The molecule has 2 N–H and O–H groups in total. The van der Waals surface area contributed by atoms with E-state index in [1.165, 1.54) is 18.4 Å². The van der Waals surface area contributed by atoms with Crippen LogP contribution in [-0.2, 0) is 4.74 Å². The number of amides is 1. The number of nitrogens with one attached hydrogen (secondary N) is 2. The third-order valence-electron chi connectivity index (χ3n) is 3.86. The number of aromatic amines is 1. The Hall–Kier alpha value is -3.19. The Balaban J connectivity index is 1.64. The number of fused-ring (bicyclic) bond motifs is 2. The molecule has 0 fully saturated rings. The predicted octanol–water partition coefficient (Wildman–Crippen LogP) is 3.82. The SMILES string of the molecule is COC(=O)c1ccc2nc(NC(=O)c3c[nH]c4ccccc34)sc2c1. The molecule has 7 heteroatoms. The zero-order valence-electron chi connectivity index (χ0n) is 13.2. The van der Waals surface area contributed by atoms with Gasteiger partial charge < -0.3 is 9.72 Å². The fourth-order valence-electron chi connectivity index (χ4n) is 2.65. The molecule has 1 amide bonds. The number of esters is 1. The summed E-state index contributed by atoms with van der Waals surface area (Å²) in [5.41, 5.74) is 2.63. The molecule has 6 nitrogen and oxygen atoms in total. The van der Waals surface area contributed by atoms with Crippen molar-refractivity contribution < 1.29 is 14.3 Å². The number of rotatable bonds is 3. The third kappa shape index (κ3) is 2.74. The number of H-pyrrole nitrogens is 1. The van der Waals surface area contributed by atoms with Crippen LogP contribution in [0.3, 0.4) is 0 Å². The van der Waals surface area contributed by atoms with E-state index in [1.54, 1.807) is 24.4 Å². The lowest BCUT2D eigenvalue weighted by Gasteiger charge is -1.99. The molecule has 4 aromatic rings. The van der Waals surface area contributed by atoms with Crippen LogP contribution >= 0.6 is 11.3 Å². The molecule has 2 aromatic heterocycles. The Morgan fingerprint density at radius 1 is 1.20 bits per heavy atom. The van der Waals surface area contributed by atoms with Crippen molar-refractivity contribution >= 4 is 49.5 Å². The second-order valence-electron chi connectivity index (χ2n) is 5.40. The van der Waals surface area contributed by atoms with Crippen molar-refractivity contribution in [3.63, 3.8) is 0 Å². The van der Waals surface area contributed by atoms with E-state index in [4.69, 9.17) is 4.74 Å². The number of hydrogen-bond acceptors (Lipinski definition) is 5. The summed E-state index contributed by atoms with van der Waals surface area (Å²) in [7, 11) is 1.34. The highest BCUT2D eigenvalue weighted by molar-refractivity contribution is 7.22. The van der Waals surface area contributed by atoms with Gasteiger partial charge in [-0.2, -0.15) is 0 Å². The normalized spacial score (nSPS) is 10.9. The summed E-state index contributed by atoms with van der Waals surface area (Å²) >= 11 is 1.31. The standard InChI is InChI=1S/C18H13N3O3S/c1-24-17(23)10-6-7-14-15(8-10)25-18(20-14)21-16(22)12-9-19-13-5-3-2-4-11(12)13/h2-9,19H,1H3,(H,20,21,22). The van der Waals surface area contributed by atoms with Crippen LogP contribution in [0.25, 0.3) is 21.1 Å². The van der Waals surface area contributed by atoms with Crippen LogP contribution in [0.4, 0.5) is 5.13 Å². The predicted molar refractivity (Wildman–Crippen MR) is 97.2 cm³/mol. The number of benzene rings is 2. The van der Waals surface area contributed by atoms with Crippen molar-refractivity contribution in [3.8, 4) is 0 Å². The van der Waals surface area contributed by atoms with Crippen LogP contribution in [-0.4, -0.2) is 29.0 Å². The molecule has 2 aromatic carbocycles. The summed E-state index contributed by atoms with van der Waals surface area (Å²) in [4.78, 5) is 31.6. The number of carbonyl (C=O) groups is 2. The quantitative estimate of drug-likeness (QED) is 0.550. The smallest absolute Gasteiger partial charge is 0.337 e. The molecule has 0 unspecified atom stereocenters. The molecular formula is C18H13N3O3S. The first-order valence-corrected chi connectivity index (χ1v) is 8.34. The van der Waals surface area contributed by atoms with Gasteiger partial charge in [0.25, 0.3) is 5.91 Å². The highest BCUT2D eigenvalue weighted by Gasteiger charge is 2.15. The van der Waals surface area contributed by atoms with Crippen LogP contribution in [0.1, 0.15) is 20.7 Å². The first-order chi connectivity index (χ1) is 12.2. The fraction of sp³-hybridized carbons (Fsp3) is 0.0556. The van der Waals surface area contributed by atoms with Gasteiger partial charge in [0.2, 0.25) is 0 Å². The van der Waals surface area contributed by atoms with Crippen molar-refractivity contribution in [2.75, 3.05) is 12.4 Å². The molecule has 0 spiro atoms. The number of nitrogens with zero attached hydrogens (tertiary/aromatic N) is 1. The fourth-order valence-corrected chi connectivity index (χ4v) is 3.55. The van der Waals surface area contributed by atoms with E-state index in [0.29, 0.717) is 21.8 Å². The molecule has 0 radical (unpaired) electrons. The first-order valence-electron chi connectivity index (χ1n) is 7.52. The van der Waals surface area contributed by atoms with Gasteiger partial charge in [-0.15, -0.1) is 0 Å². The Morgan fingerprint density at radius 2 is 2.04 bits per heavy atom. The topological polar surface area (TPSA) is 84.1 Å². The molecule has 124 valence electrons. The number of anilines is 1. The minimum Gasteiger partial charge on any atom is -0.465 e. The van der Waals surface area contributed by atoms with Crippen molar-refractivity contribution in [2.45, 2.75) is 0 Å². The number of methoxy groups -OCH3 is 1. The van der Waals surface area contributed by atoms with Gasteiger partial charge in [0.15, 0.2) is 5.13 Å². The highest BCUT2D eigenvalue weighted by atomic mass is 32.1. The Kier molecular flexibility index (Phi) is 3.70. The zero-order valence-corrected chi connectivity index (χ0v) is 14.0. The second kappa shape index (κ2) is 6.03. The Labute approximate surface area is 146 Å². The van der Waals surface area contributed by atoms with E-state index in [0.717, 1.165) is 15.6 Å². The summed E-state index contributed by atoms with van der Waals surface area (Å²) < 4.78 is 5.52. The van der Waals surface area contributed by atoms with E-state index >= 15 is 0 Å². The van der Waals surface area contributed by atoms with Crippen LogP contribution in [0.5, 0.6) is 0 Å². The summed E-state index contributed by atoms with van der Waals surface area (Å²) in [5.74, 6) is -0.635. The van der Waals surface area contributed by atoms with Crippen LogP contribution in [0.15, 0.2) is 48.7 Å². The number of para-hydroxylation sites is 1. The van der Waals surface area contributed by atoms with Gasteiger partial charge >= 0.3 is 5.97 Å². The van der Waals surface area contributed by atoms with E-state index in [2.05, 4.69) is 15.3 Å². The van der Waals surface area contributed by atoms with Crippen LogP contribution in [0, 0.1) is 0 Å². The van der Waals surface area contributed by atoms with E-state index in [1.807, 2.05) is 24.3 Å². The van der Waals surface area contributed by atoms with Crippen molar-refractivity contribution in [2.24, 2.45) is 0 Å². The van der Waals surface area contributed by atoms with Gasteiger partial charge in [-0.25, -0.2) is 9.78 Å². The van der Waals surface area contributed by atoms with Crippen molar-refractivity contribution in [1.82, 2.24) is 9.97 Å².